The first kappa shape index (κ1) is 10.9. The van der Waals surface area contributed by atoms with Gasteiger partial charge in [-0.15, -0.1) is 5.10 Å². The number of nitriles is 1. The van der Waals surface area contributed by atoms with E-state index in [1.807, 2.05) is 13.8 Å². The molecule has 1 aromatic rings. The Bertz CT molecular complexity index is 400. The number of nitrogens with zero attached hydrogens (tertiary/aromatic N) is 3. The van der Waals surface area contributed by atoms with Crippen molar-refractivity contribution < 1.29 is 0 Å². The average molecular weight is 212 g/mol. The van der Waals surface area contributed by atoms with Gasteiger partial charge < -0.3 is 0 Å². The van der Waals surface area contributed by atoms with Gasteiger partial charge >= 0.3 is 5.69 Å². The topological polar surface area (TPSA) is 74.5 Å². The number of aromatic nitrogens is 3. The average Bonchev–Trinajstić information content (AvgIpc) is 2.46. The molecule has 1 aromatic heterocycles. The van der Waals surface area contributed by atoms with Crippen LogP contribution in [-0.4, -0.2) is 20.0 Å². The van der Waals surface area contributed by atoms with Gasteiger partial charge in [-0.25, -0.2) is 9.89 Å². The quantitative estimate of drug-likeness (QED) is 0.763. The minimum absolute atomic E-state index is 0.0506. The summed E-state index contributed by atoms with van der Waals surface area (Å²) >= 11 is 1.28. The van der Waals surface area contributed by atoms with Crippen LogP contribution in [0.3, 0.4) is 0 Å². The molecule has 0 saturated carbocycles. The molecule has 1 unspecified atom stereocenters. The third kappa shape index (κ3) is 2.17. The van der Waals surface area contributed by atoms with E-state index in [0.29, 0.717) is 5.16 Å². The van der Waals surface area contributed by atoms with E-state index in [-0.39, 0.29) is 17.0 Å². The summed E-state index contributed by atoms with van der Waals surface area (Å²) in [4.78, 5) is 11.3. The molecule has 1 atom stereocenters. The second-order valence-electron chi connectivity index (χ2n) is 3.16. The summed E-state index contributed by atoms with van der Waals surface area (Å²) in [7, 11) is 0. The first-order valence-corrected chi connectivity index (χ1v) is 5.17. The van der Waals surface area contributed by atoms with Crippen LogP contribution in [0.15, 0.2) is 9.95 Å². The Balaban J connectivity index is 2.99. The molecule has 0 saturated heterocycles. The van der Waals surface area contributed by atoms with Gasteiger partial charge in [-0.2, -0.15) is 5.26 Å². The summed E-state index contributed by atoms with van der Waals surface area (Å²) in [5.41, 5.74) is -0.229. The minimum atomic E-state index is -0.229. The molecular formula is C8H12N4OS. The largest absolute Gasteiger partial charge is 0.344 e. The van der Waals surface area contributed by atoms with Gasteiger partial charge in [0.05, 0.1) is 11.3 Å². The van der Waals surface area contributed by atoms with E-state index in [9.17, 15) is 4.79 Å². The fourth-order valence-electron chi connectivity index (χ4n) is 1.01. The molecule has 1 heterocycles. The van der Waals surface area contributed by atoms with E-state index in [0.717, 1.165) is 0 Å². The molecule has 0 bridgehead atoms. The van der Waals surface area contributed by atoms with Crippen LogP contribution in [0.4, 0.5) is 0 Å². The maximum atomic E-state index is 11.3. The predicted octanol–water partition coefficient (Wildman–Crippen LogP) is 1.16. The highest BCUT2D eigenvalue weighted by atomic mass is 32.2. The Morgan fingerprint density at radius 3 is 2.71 bits per heavy atom. The number of aromatic amines is 1. The Kier molecular flexibility index (Phi) is 3.36. The van der Waals surface area contributed by atoms with E-state index >= 15 is 0 Å². The van der Waals surface area contributed by atoms with Crippen LogP contribution in [0.25, 0.3) is 0 Å². The molecule has 0 aliphatic carbocycles. The van der Waals surface area contributed by atoms with Crippen LogP contribution in [-0.2, 0) is 0 Å². The molecule has 5 nitrogen and oxygen atoms in total. The first-order valence-electron chi connectivity index (χ1n) is 4.29. The number of rotatable bonds is 3. The van der Waals surface area contributed by atoms with E-state index in [1.165, 1.54) is 11.8 Å². The lowest BCUT2D eigenvalue weighted by atomic mass is 10.4. The van der Waals surface area contributed by atoms with Crippen LogP contribution < -0.4 is 5.69 Å². The van der Waals surface area contributed by atoms with Crippen molar-refractivity contribution >= 4 is 11.8 Å². The van der Waals surface area contributed by atoms with Crippen molar-refractivity contribution in [1.82, 2.24) is 14.8 Å². The summed E-state index contributed by atoms with van der Waals surface area (Å²) in [5, 5.41) is 15.2. The number of H-pyrrole nitrogens is 1. The van der Waals surface area contributed by atoms with Gasteiger partial charge in [0, 0.05) is 6.04 Å². The van der Waals surface area contributed by atoms with Gasteiger partial charge in [-0.1, -0.05) is 11.8 Å². The van der Waals surface area contributed by atoms with Crippen LogP contribution in [0.2, 0.25) is 0 Å². The molecule has 0 fully saturated rings. The molecule has 0 aliphatic heterocycles. The van der Waals surface area contributed by atoms with Crippen molar-refractivity contribution in [2.24, 2.45) is 0 Å². The van der Waals surface area contributed by atoms with E-state index in [2.05, 4.69) is 16.3 Å². The smallest absolute Gasteiger partial charge is 0.268 e. The Morgan fingerprint density at radius 1 is 1.57 bits per heavy atom. The minimum Gasteiger partial charge on any atom is -0.268 e. The standard InChI is InChI=1S/C8H12N4OS/c1-5(2)12-7(13)10-11-8(12)14-6(3)4-9/h5-6H,1-3H3,(H,10,13). The summed E-state index contributed by atoms with van der Waals surface area (Å²) in [5.74, 6) is 0. The number of nitrogens with one attached hydrogen (secondary N) is 1. The van der Waals surface area contributed by atoms with E-state index in [4.69, 9.17) is 5.26 Å². The van der Waals surface area contributed by atoms with Crippen molar-refractivity contribution in [3.05, 3.63) is 10.5 Å². The lowest BCUT2D eigenvalue weighted by molar-refractivity contribution is 0.534. The molecule has 1 N–H and O–H groups in total. The zero-order valence-electron chi connectivity index (χ0n) is 8.31. The lowest BCUT2D eigenvalue weighted by Crippen LogP contribution is -2.19. The maximum absolute atomic E-state index is 11.3. The normalized spacial score (nSPS) is 12.8. The van der Waals surface area contributed by atoms with Crippen LogP contribution in [0.1, 0.15) is 26.8 Å². The summed E-state index contributed by atoms with van der Waals surface area (Å²) in [6.07, 6.45) is 0. The number of hydrogen-bond acceptors (Lipinski definition) is 4. The second kappa shape index (κ2) is 4.33. The first-order chi connectivity index (χ1) is 6.56. The van der Waals surface area contributed by atoms with Crippen molar-refractivity contribution in [3.63, 3.8) is 0 Å². The molecule has 0 radical (unpaired) electrons. The van der Waals surface area contributed by atoms with Gasteiger partial charge in [0.1, 0.15) is 0 Å². The highest BCUT2D eigenvalue weighted by molar-refractivity contribution is 8.00. The Labute approximate surface area is 86.1 Å². The molecule has 0 aliphatic rings. The summed E-state index contributed by atoms with van der Waals surface area (Å²) in [6.45, 7) is 5.57. The van der Waals surface area contributed by atoms with Gasteiger partial charge in [0.15, 0.2) is 5.16 Å². The Morgan fingerprint density at radius 2 is 2.21 bits per heavy atom. The SMILES string of the molecule is CC(C#N)Sc1n[nH]c(=O)n1C(C)C. The zero-order valence-corrected chi connectivity index (χ0v) is 9.13. The van der Waals surface area contributed by atoms with E-state index < -0.39 is 0 Å². The molecule has 6 heteroatoms. The third-order valence-corrected chi connectivity index (χ3v) is 2.61. The van der Waals surface area contributed by atoms with Crippen molar-refractivity contribution in [3.8, 4) is 6.07 Å². The zero-order chi connectivity index (χ0) is 10.7. The van der Waals surface area contributed by atoms with Crippen molar-refractivity contribution in [1.29, 1.82) is 5.26 Å². The van der Waals surface area contributed by atoms with Crippen LogP contribution in [0, 0.1) is 11.3 Å². The maximum Gasteiger partial charge on any atom is 0.344 e. The second-order valence-corrected chi connectivity index (χ2v) is 4.47. The van der Waals surface area contributed by atoms with Gasteiger partial charge in [-0.05, 0) is 20.8 Å². The third-order valence-electron chi connectivity index (χ3n) is 1.65. The fraction of sp³-hybridized carbons (Fsp3) is 0.625. The number of thioether (sulfide) groups is 1. The monoisotopic (exact) mass is 212 g/mol. The van der Waals surface area contributed by atoms with Gasteiger partial charge in [0.2, 0.25) is 0 Å². The highest BCUT2D eigenvalue weighted by Crippen LogP contribution is 2.20. The summed E-state index contributed by atoms with van der Waals surface area (Å²) in [6, 6.07) is 2.13. The molecule has 14 heavy (non-hydrogen) atoms. The fourth-order valence-corrected chi connectivity index (χ4v) is 1.89. The molecule has 0 amide bonds. The molecule has 0 spiro atoms. The van der Waals surface area contributed by atoms with E-state index in [1.54, 1.807) is 11.5 Å². The van der Waals surface area contributed by atoms with Crippen LogP contribution >= 0.6 is 11.8 Å². The number of hydrogen-bond donors (Lipinski definition) is 1. The molecular weight excluding hydrogens is 200 g/mol. The van der Waals surface area contributed by atoms with Crippen molar-refractivity contribution in [2.75, 3.05) is 0 Å². The van der Waals surface area contributed by atoms with Crippen LogP contribution in [0.5, 0.6) is 0 Å². The molecule has 0 aromatic carbocycles. The molecule has 1 rings (SSSR count). The van der Waals surface area contributed by atoms with Gasteiger partial charge in [0.25, 0.3) is 0 Å². The van der Waals surface area contributed by atoms with Crippen molar-refractivity contribution in [2.45, 2.75) is 37.2 Å². The molecule has 76 valence electrons. The lowest BCUT2D eigenvalue weighted by Gasteiger charge is -2.08. The highest BCUT2D eigenvalue weighted by Gasteiger charge is 2.14. The Hall–Kier alpha value is -1.22. The predicted molar refractivity (Wildman–Crippen MR) is 54.2 cm³/mol. The summed E-state index contributed by atoms with van der Waals surface area (Å²) < 4.78 is 1.54. The van der Waals surface area contributed by atoms with Gasteiger partial charge in [-0.3, -0.25) is 4.57 Å².